The van der Waals surface area contributed by atoms with Crippen molar-refractivity contribution in [2.24, 2.45) is 10.2 Å². The summed E-state index contributed by atoms with van der Waals surface area (Å²) in [6, 6.07) is 37.3. The van der Waals surface area contributed by atoms with Crippen LogP contribution in [0.25, 0.3) is 10.8 Å². The molecule has 0 aromatic heterocycles. The molecule has 1 aliphatic rings. The van der Waals surface area contributed by atoms with Crippen LogP contribution in [0.1, 0.15) is 11.1 Å². The zero-order valence-electron chi connectivity index (χ0n) is 19.6. The Morgan fingerprint density at radius 2 is 1.30 bits per heavy atom. The molecule has 1 aliphatic heterocycles. The van der Waals surface area contributed by atoms with Crippen molar-refractivity contribution in [1.29, 1.82) is 0 Å². The molecule has 0 radical (unpaired) electrons. The fourth-order valence-electron chi connectivity index (χ4n) is 4.41. The molecule has 0 saturated heterocycles. The predicted octanol–water partition coefficient (Wildman–Crippen LogP) is 5.75. The SMILES string of the molecule is Oc1cc2ccccc2cc1/C1=N/N=C/c2cc(Br)ccc2[O][Sn]([c]2ccccc2)([c]2ccccc2)[O]1. The van der Waals surface area contributed by atoms with Crippen molar-refractivity contribution in [2.75, 3.05) is 0 Å². The first kappa shape index (κ1) is 23.8. The molecule has 0 unspecified atom stereocenters. The molecular formula is C30H21BrN2O3Sn. The summed E-state index contributed by atoms with van der Waals surface area (Å²) in [5, 5.41) is 21.8. The summed E-state index contributed by atoms with van der Waals surface area (Å²) < 4.78 is 16.8. The van der Waals surface area contributed by atoms with Gasteiger partial charge < -0.3 is 0 Å². The molecule has 37 heavy (non-hydrogen) atoms. The third kappa shape index (κ3) is 4.63. The van der Waals surface area contributed by atoms with Crippen LogP contribution in [0.3, 0.4) is 0 Å². The van der Waals surface area contributed by atoms with E-state index in [9.17, 15) is 5.11 Å². The van der Waals surface area contributed by atoms with Gasteiger partial charge in [-0.3, -0.25) is 0 Å². The fraction of sp³-hybridized carbons (Fsp3) is 0. The van der Waals surface area contributed by atoms with Gasteiger partial charge in [0.1, 0.15) is 0 Å². The number of hydrogen-bond donors (Lipinski definition) is 1. The van der Waals surface area contributed by atoms with Gasteiger partial charge in [-0.1, -0.05) is 0 Å². The standard InChI is InChI=1S/C18H13BrN2O3.2C6H5.Sn/c19-14-5-6-16(22)13(7-14)10-20-21-18(24)15-8-11-3-1-2-4-12(11)9-17(15)23;2*1-2-4-6-5-3-1;/h1-10,22-23H,(H,21,24);2*1-5H;/q;;;+2/p-2/b20-10+;;;. The Labute approximate surface area is 227 Å². The zero-order valence-corrected chi connectivity index (χ0v) is 24.0. The molecule has 1 heterocycles. The second kappa shape index (κ2) is 10.0. The van der Waals surface area contributed by atoms with Crippen molar-refractivity contribution in [2.45, 2.75) is 0 Å². The number of hydrogen-bond acceptors (Lipinski definition) is 5. The number of fused-ring (bicyclic) bond motifs is 2. The number of nitrogens with zero attached hydrogens (tertiary/aromatic N) is 2. The molecule has 0 atom stereocenters. The monoisotopic (exact) mass is 656 g/mol. The summed E-state index contributed by atoms with van der Waals surface area (Å²) in [4.78, 5) is 0. The van der Waals surface area contributed by atoms with E-state index in [0.29, 0.717) is 11.3 Å². The molecule has 0 bridgehead atoms. The van der Waals surface area contributed by atoms with Crippen molar-refractivity contribution in [1.82, 2.24) is 0 Å². The van der Waals surface area contributed by atoms with Gasteiger partial charge in [0.05, 0.1) is 0 Å². The van der Waals surface area contributed by atoms with E-state index >= 15 is 0 Å². The van der Waals surface area contributed by atoms with E-state index in [1.54, 1.807) is 12.3 Å². The van der Waals surface area contributed by atoms with Crippen molar-refractivity contribution in [3.8, 4) is 11.5 Å². The average Bonchev–Trinajstić information content (AvgIpc) is 3.01. The molecular weight excluding hydrogens is 635 g/mol. The Hall–Kier alpha value is -3.62. The summed E-state index contributed by atoms with van der Waals surface area (Å²) in [6.45, 7) is 0. The van der Waals surface area contributed by atoms with Crippen LogP contribution >= 0.6 is 15.9 Å². The van der Waals surface area contributed by atoms with Crippen LogP contribution in [0.5, 0.6) is 11.5 Å². The summed E-state index contributed by atoms with van der Waals surface area (Å²) in [5.41, 5.74) is 1.23. The van der Waals surface area contributed by atoms with Crippen molar-refractivity contribution in [3.05, 3.63) is 131 Å². The second-order valence-electron chi connectivity index (χ2n) is 8.60. The zero-order chi connectivity index (χ0) is 25.2. The molecule has 0 spiro atoms. The van der Waals surface area contributed by atoms with Crippen LogP contribution in [0.2, 0.25) is 0 Å². The van der Waals surface area contributed by atoms with Gasteiger partial charge in [-0.25, -0.2) is 0 Å². The van der Waals surface area contributed by atoms with E-state index in [1.165, 1.54) is 0 Å². The van der Waals surface area contributed by atoms with Gasteiger partial charge in [0.15, 0.2) is 0 Å². The fourth-order valence-corrected chi connectivity index (χ4v) is 13.4. The molecule has 0 aliphatic carbocycles. The Balaban J connectivity index is 1.63. The van der Waals surface area contributed by atoms with Crippen LogP contribution in [0, 0.1) is 0 Å². The van der Waals surface area contributed by atoms with Gasteiger partial charge >= 0.3 is 229 Å². The predicted molar refractivity (Wildman–Crippen MR) is 154 cm³/mol. The summed E-state index contributed by atoms with van der Waals surface area (Å²) in [5.74, 6) is 0.943. The molecule has 5 aromatic rings. The molecule has 0 amide bonds. The minimum absolute atomic E-state index is 0.0634. The van der Waals surface area contributed by atoms with Crippen molar-refractivity contribution >= 4 is 65.2 Å². The minimum atomic E-state index is -4.54. The van der Waals surface area contributed by atoms with Crippen molar-refractivity contribution < 1.29 is 11.3 Å². The van der Waals surface area contributed by atoms with Gasteiger partial charge in [-0.05, 0) is 0 Å². The summed E-state index contributed by atoms with van der Waals surface area (Å²) >= 11 is -0.991. The van der Waals surface area contributed by atoms with E-state index in [4.69, 9.17) is 6.15 Å². The quantitative estimate of drug-likeness (QED) is 0.252. The molecule has 5 nitrogen and oxygen atoms in total. The average molecular weight is 656 g/mol. The van der Waals surface area contributed by atoms with Crippen LogP contribution in [-0.2, 0) is 3.07 Å². The summed E-state index contributed by atoms with van der Waals surface area (Å²) in [6.07, 6.45) is 1.65. The maximum atomic E-state index is 11.1. The number of phenols is 1. The molecule has 180 valence electrons. The molecule has 0 saturated carbocycles. The van der Waals surface area contributed by atoms with Crippen molar-refractivity contribution in [3.63, 3.8) is 0 Å². The number of halogens is 1. The third-order valence-corrected chi connectivity index (χ3v) is 15.8. The first-order chi connectivity index (χ1) is 18.1. The first-order valence-corrected chi connectivity index (χ1v) is 17.7. The third-order valence-electron chi connectivity index (χ3n) is 6.21. The molecule has 5 aromatic carbocycles. The van der Waals surface area contributed by atoms with Crippen LogP contribution in [0.4, 0.5) is 0 Å². The Morgan fingerprint density at radius 3 is 1.97 bits per heavy atom. The Morgan fingerprint density at radius 1 is 0.676 bits per heavy atom. The second-order valence-corrected chi connectivity index (χ2v) is 17.5. The first-order valence-electron chi connectivity index (χ1n) is 11.7. The number of phenolic OH excluding ortho intramolecular Hbond substituents is 1. The number of aromatic hydroxyl groups is 1. The molecule has 1 N–H and O–H groups in total. The van der Waals surface area contributed by atoms with Gasteiger partial charge in [0.25, 0.3) is 0 Å². The van der Waals surface area contributed by atoms with Gasteiger partial charge in [0, 0.05) is 0 Å². The van der Waals surface area contributed by atoms with Gasteiger partial charge in [0.2, 0.25) is 0 Å². The van der Waals surface area contributed by atoms with E-state index < -0.39 is 19.2 Å². The maximum absolute atomic E-state index is 11.1. The van der Waals surface area contributed by atoms with Crippen LogP contribution < -0.4 is 10.2 Å². The Bertz CT molecular complexity index is 1620. The van der Waals surface area contributed by atoms with E-state index in [0.717, 1.165) is 28.0 Å². The van der Waals surface area contributed by atoms with Gasteiger partial charge in [-0.15, -0.1) is 0 Å². The Kier molecular flexibility index (Phi) is 6.44. The van der Waals surface area contributed by atoms with E-state index in [-0.39, 0.29) is 11.6 Å². The number of rotatable bonds is 3. The van der Waals surface area contributed by atoms with E-state index in [1.807, 2.05) is 109 Å². The van der Waals surface area contributed by atoms with E-state index in [2.05, 4.69) is 26.1 Å². The van der Waals surface area contributed by atoms with Crippen LogP contribution in [-0.4, -0.2) is 36.4 Å². The topological polar surface area (TPSA) is 63.4 Å². The number of benzene rings is 5. The normalized spacial score (nSPS) is 16.6. The van der Waals surface area contributed by atoms with Crippen LogP contribution in [0.15, 0.2) is 130 Å². The molecule has 0 fully saturated rings. The molecule has 7 heteroatoms. The van der Waals surface area contributed by atoms with Gasteiger partial charge in [-0.2, -0.15) is 0 Å². The summed E-state index contributed by atoms with van der Waals surface area (Å²) in [7, 11) is 0. The molecule has 6 rings (SSSR count).